The third-order valence-corrected chi connectivity index (χ3v) is 7.85. The number of pyridine rings is 1. The Labute approximate surface area is 204 Å². The van der Waals surface area contributed by atoms with Crippen LogP contribution in [0.5, 0.6) is 11.5 Å². The molecule has 5 rings (SSSR count). The van der Waals surface area contributed by atoms with Crippen LogP contribution in [0.25, 0.3) is 10.2 Å². The quantitative estimate of drug-likeness (QED) is 0.448. The lowest BCUT2D eigenvalue weighted by atomic mass is 9.96. The first kappa shape index (κ1) is 23.1. The van der Waals surface area contributed by atoms with Crippen LogP contribution in [0.1, 0.15) is 62.4 Å². The summed E-state index contributed by atoms with van der Waals surface area (Å²) >= 11 is 1.66. The molecule has 180 valence electrons. The molecule has 0 radical (unpaired) electrons. The van der Waals surface area contributed by atoms with E-state index in [1.807, 2.05) is 18.2 Å². The molecule has 1 amide bonds. The van der Waals surface area contributed by atoms with Gasteiger partial charge in [0.15, 0.2) is 5.13 Å². The van der Waals surface area contributed by atoms with Crippen LogP contribution in [-0.4, -0.2) is 52.5 Å². The Balaban J connectivity index is 1.22. The number of likely N-dealkylation sites (N-methyl/N-ethyl adjacent to an activating group) is 1. The number of nitrogens with one attached hydrogen (secondary N) is 2. The molecule has 2 fully saturated rings. The maximum atomic E-state index is 12.7. The van der Waals surface area contributed by atoms with Gasteiger partial charge in [-0.1, -0.05) is 37.5 Å². The van der Waals surface area contributed by atoms with Gasteiger partial charge < -0.3 is 15.4 Å². The molecule has 1 aliphatic heterocycles. The molecular weight excluding hydrogens is 446 g/mol. The molecule has 8 heteroatoms. The van der Waals surface area contributed by atoms with E-state index in [1.54, 1.807) is 29.7 Å². The van der Waals surface area contributed by atoms with Crippen molar-refractivity contribution in [3.63, 3.8) is 0 Å². The zero-order valence-electron chi connectivity index (χ0n) is 19.8. The molecular formula is C26H33N5O2S. The number of fused-ring (bicyclic) bond motifs is 1. The molecule has 1 aliphatic carbocycles. The van der Waals surface area contributed by atoms with Gasteiger partial charge in [-0.05, 0) is 57.0 Å². The number of carbonyl (C=O) groups excluding carboxylic acids is 1. The maximum absolute atomic E-state index is 12.7. The Hall–Kier alpha value is -2.71. The average molecular weight is 480 g/mol. The molecule has 2 aromatic heterocycles. The number of benzene rings is 1. The second-order valence-corrected chi connectivity index (χ2v) is 10.3. The van der Waals surface area contributed by atoms with Crippen molar-refractivity contribution < 1.29 is 9.53 Å². The summed E-state index contributed by atoms with van der Waals surface area (Å²) in [5.74, 6) is 1.16. The number of hydrogen-bond acceptors (Lipinski definition) is 7. The van der Waals surface area contributed by atoms with Crippen LogP contribution in [0.15, 0.2) is 36.5 Å². The van der Waals surface area contributed by atoms with Crippen molar-refractivity contribution in [2.45, 2.75) is 64.0 Å². The minimum Gasteiger partial charge on any atom is -0.457 e. The summed E-state index contributed by atoms with van der Waals surface area (Å²) in [4.78, 5) is 24.1. The van der Waals surface area contributed by atoms with Crippen molar-refractivity contribution in [1.82, 2.24) is 20.2 Å². The Kier molecular flexibility index (Phi) is 7.25. The first-order chi connectivity index (χ1) is 16.7. The summed E-state index contributed by atoms with van der Waals surface area (Å²) in [5, 5.41) is 7.63. The molecule has 0 bridgehead atoms. The predicted octanol–water partition coefficient (Wildman–Crippen LogP) is 5.44. The number of thiazole rings is 1. The molecule has 0 spiro atoms. The summed E-state index contributed by atoms with van der Waals surface area (Å²) < 4.78 is 7.16. The predicted molar refractivity (Wildman–Crippen MR) is 137 cm³/mol. The molecule has 34 heavy (non-hydrogen) atoms. The zero-order valence-corrected chi connectivity index (χ0v) is 20.6. The van der Waals surface area contributed by atoms with E-state index < -0.39 is 0 Å². The Morgan fingerprint density at radius 1 is 1.12 bits per heavy atom. The minimum absolute atomic E-state index is 0.162. The normalized spacial score (nSPS) is 19.4. The van der Waals surface area contributed by atoms with Gasteiger partial charge in [0.1, 0.15) is 17.2 Å². The molecule has 2 N–H and O–H groups in total. The summed E-state index contributed by atoms with van der Waals surface area (Å²) in [6, 6.07) is 10.4. The van der Waals surface area contributed by atoms with Gasteiger partial charge >= 0.3 is 0 Å². The number of ether oxygens (including phenoxy) is 1. The van der Waals surface area contributed by atoms with Gasteiger partial charge in [-0.15, -0.1) is 0 Å². The van der Waals surface area contributed by atoms with Gasteiger partial charge in [0.2, 0.25) is 0 Å². The summed E-state index contributed by atoms with van der Waals surface area (Å²) in [7, 11) is 0. The fourth-order valence-electron chi connectivity index (χ4n) is 5.03. The molecule has 0 unspecified atom stereocenters. The third-order valence-electron chi connectivity index (χ3n) is 6.90. The highest BCUT2D eigenvalue weighted by Crippen LogP contribution is 2.33. The van der Waals surface area contributed by atoms with Crippen LogP contribution in [0.3, 0.4) is 0 Å². The maximum Gasteiger partial charge on any atom is 0.270 e. The third kappa shape index (κ3) is 5.50. The molecule has 3 heterocycles. The number of amides is 1. The highest BCUT2D eigenvalue weighted by molar-refractivity contribution is 7.22. The molecule has 1 aromatic carbocycles. The smallest absolute Gasteiger partial charge is 0.270 e. The summed E-state index contributed by atoms with van der Waals surface area (Å²) in [6.07, 6.45) is 10.3. The SMILES string of the molecule is CCN1CCC[C@H]1CNC(=O)c1cc(Oc2ccc3nc(NC4CCCCC4)sc3c2)ccn1. The lowest BCUT2D eigenvalue weighted by Crippen LogP contribution is -2.40. The largest absolute Gasteiger partial charge is 0.457 e. The number of rotatable bonds is 8. The summed E-state index contributed by atoms with van der Waals surface area (Å²) in [5.41, 5.74) is 1.34. The van der Waals surface area contributed by atoms with Crippen molar-refractivity contribution in [3.05, 3.63) is 42.2 Å². The number of anilines is 1. The van der Waals surface area contributed by atoms with E-state index in [4.69, 9.17) is 9.72 Å². The van der Waals surface area contributed by atoms with E-state index in [2.05, 4.69) is 27.4 Å². The monoisotopic (exact) mass is 479 g/mol. The highest BCUT2D eigenvalue weighted by atomic mass is 32.1. The van der Waals surface area contributed by atoms with E-state index in [0.29, 0.717) is 30.1 Å². The highest BCUT2D eigenvalue weighted by Gasteiger charge is 2.23. The van der Waals surface area contributed by atoms with Gasteiger partial charge in [-0.2, -0.15) is 0 Å². The second kappa shape index (κ2) is 10.7. The number of nitrogens with zero attached hydrogens (tertiary/aromatic N) is 3. The lowest BCUT2D eigenvalue weighted by molar-refractivity contribution is 0.0936. The molecule has 1 atom stereocenters. The number of carbonyl (C=O) groups is 1. The van der Waals surface area contributed by atoms with E-state index in [1.165, 1.54) is 38.5 Å². The lowest BCUT2D eigenvalue weighted by Gasteiger charge is -2.22. The molecule has 7 nitrogen and oxygen atoms in total. The second-order valence-electron chi connectivity index (χ2n) is 9.24. The number of likely N-dealkylation sites (tertiary alicyclic amines) is 1. The fraction of sp³-hybridized carbons (Fsp3) is 0.500. The van der Waals surface area contributed by atoms with E-state index in [-0.39, 0.29) is 5.91 Å². The Morgan fingerprint density at radius 3 is 2.82 bits per heavy atom. The minimum atomic E-state index is -0.162. The number of aromatic nitrogens is 2. The summed E-state index contributed by atoms with van der Waals surface area (Å²) in [6.45, 7) is 4.95. The fourth-order valence-corrected chi connectivity index (χ4v) is 6.00. The van der Waals surface area contributed by atoms with Crippen molar-refractivity contribution >= 4 is 32.6 Å². The van der Waals surface area contributed by atoms with Crippen LogP contribution in [-0.2, 0) is 0 Å². The molecule has 1 saturated heterocycles. The topological polar surface area (TPSA) is 79.4 Å². The zero-order chi connectivity index (χ0) is 23.3. The first-order valence-electron chi connectivity index (χ1n) is 12.5. The molecule has 1 saturated carbocycles. The van der Waals surface area contributed by atoms with Crippen LogP contribution >= 0.6 is 11.3 Å². The van der Waals surface area contributed by atoms with Gasteiger partial charge in [0.25, 0.3) is 5.91 Å². The first-order valence-corrected chi connectivity index (χ1v) is 13.3. The van der Waals surface area contributed by atoms with Crippen molar-refractivity contribution in [2.24, 2.45) is 0 Å². The van der Waals surface area contributed by atoms with Gasteiger partial charge in [0, 0.05) is 37.0 Å². The average Bonchev–Trinajstić information content (AvgIpc) is 3.49. The molecule has 3 aromatic rings. The van der Waals surface area contributed by atoms with Gasteiger partial charge in [-0.3, -0.25) is 14.7 Å². The molecule has 2 aliphatic rings. The van der Waals surface area contributed by atoms with Crippen molar-refractivity contribution in [1.29, 1.82) is 0 Å². The van der Waals surface area contributed by atoms with Crippen LogP contribution < -0.4 is 15.4 Å². The van der Waals surface area contributed by atoms with Crippen molar-refractivity contribution in [3.8, 4) is 11.5 Å². The standard InChI is InChI=1S/C26H33N5O2S/c1-2-31-14-6-9-19(31)17-28-25(32)23-15-21(12-13-27-23)33-20-10-11-22-24(16-20)34-26(30-22)29-18-7-4-3-5-8-18/h10-13,15-16,18-19H,2-9,14,17H2,1H3,(H,28,32)(H,29,30)/t19-/m0/s1. The van der Waals surface area contributed by atoms with E-state index in [0.717, 1.165) is 40.6 Å². The van der Waals surface area contributed by atoms with Crippen LogP contribution in [0.2, 0.25) is 0 Å². The van der Waals surface area contributed by atoms with E-state index >= 15 is 0 Å². The van der Waals surface area contributed by atoms with Gasteiger partial charge in [0.05, 0.1) is 10.2 Å². The number of hydrogen-bond donors (Lipinski definition) is 2. The van der Waals surface area contributed by atoms with Crippen LogP contribution in [0, 0.1) is 0 Å². The Morgan fingerprint density at radius 2 is 1.97 bits per heavy atom. The van der Waals surface area contributed by atoms with Gasteiger partial charge in [-0.25, -0.2) is 4.98 Å². The van der Waals surface area contributed by atoms with E-state index in [9.17, 15) is 4.79 Å². The van der Waals surface area contributed by atoms with Crippen LogP contribution in [0.4, 0.5) is 5.13 Å². The Bertz CT molecular complexity index is 1130. The van der Waals surface area contributed by atoms with Crippen molar-refractivity contribution in [2.75, 3.05) is 25.0 Å².